The number of ether oxygens (including phenoxy) is 2. The monoisotopic (exact) mass is 350 g/mol. The summed E-state index contributed by atoms with van der Waals surface area (Å²) in [6.07, 6.45) is -19.3. The van der Waals surface area contributed by atoms with Crippen LogP contribution < -0.4 is 0 Å². The van der Waals surface area contributed by atoms with Crippen molar-refractivity contribution in [3.8, 4) is 0 Å². The molecule has 0 aromatic rings. The second-order valence-corrected chi connectivity index (χ2v) is 3.23. The summed E-state index contributed by atoms with van der Waals surface area (Å²) in [5, 5.41) is 8.09. The first kappa shape index (κ1) is 23.0. The Hall–Kier alpha value is -0.280. The van der Waals surface area contributed by atoms with E-state index in [0.717, 1.165) is 0 Å². The third-order valence-electron chi connectivity index (χ3n) is 1.95. The van der Waals surface area contributed by atoms with Gasteiger partial charge in [-0.25, -0.2) is 4.79 Å². The summed E-state index contributed by atoms with van der Waals surface area (Å²) in [6.45, 7) is 0. The summed E-state index contributed by atoms with van der Waals surface area (Å²) in [6, 6.07) is 0. The zero-order chi connectivity index (χ0) is 15.5. The number of rotatable bonds is 1. The van der Waals surface area contributed by atoms with Crippen LogP contribution in [0.5, 0.6) is 0 Å². The van der Waals surface area contributed by atoms with E-state index in [2.05, 4.69) is 9.47 Å². The van der Waals surface area contributed by atoms with Crippen molar-refractivity contribution in [2.45, 2.75) is 30.1 Å². The van der Waals surface area contributed by atoms with Gasteiger partial charge in [-0.3, -0.25) is 9.47 Å². The van der Waals surface area contributed by atoms with Crippen LogP contribution in [0, 0.1) is 0 Å². The first-order chi connectivity index (χ1) is 8.11. The molecule has 1 saturated heterocycles. The van der Waals surface area contributed by atoms with Crippen LogP contribution in [0.3, 0.4) is 0 Å². The van der Waals surface area contributed by atoms with Gasteiger partial charge in [0.05, 0.1) is 0 Å². The molecule has 122 valence electrons. The van der Waals surface area contributed by atoms with E-state index < -0.39 is 36.1 Å². The Bertz CT molecular complexity index is 408. The van der Waals surface area contributed by atoms with Gasteiger partial charge in [-0.2, -0.15) is 39.5 Å². The third-order valence-corrected chi connectivity index (χ3v) is 1.95. The fraction of sp³-hybridized carbons (Fsp3) is 0.833. The van der Waals surface area contributed by atoms with Crippen molar-refractivity contribution in [3.63, 3.8) is 0 Å². The normalized spacial score (nSPS) is 32.0. The van der Waals surface area contributed by atoms with E-state index in [1.54, 1.807) is 0 Å². The fourth-order valence-electron chi connectivity index (χ4n) is 1.07. The molecule has 1 aliphatic heterocycles. The van der Waals surface area contributed by atoms with Gasteiger partial charge in [-0.1, -0.05) is 0 Å². The number of hydrogen-bond donors (Lipinski definition) is 1. The number of carboxylic acid groups (broad SMARTS) is 1. The van der Waals surface area contributed by atoms with Gasteiger partial charge in [0, 0.05) is 0 Å². The molecule has 0 bridgehead atoms. The van der Waals surface area contributed by atoms with E-state index in [1.165, 1.54) is 0 Å². The molecule has 1 heterocycles. The Balaban J connectivity index is 0. The van der Waals surface area contributed by atoms with Gasteiger partial charge in [0.15, 0.2) is 0 Å². The third kappa shape index (κ3) is 3.10. The van der Waals surface area contributed by atoms with Crippen LogP contribution in [0.1, 0.15) is 0 Å². The zero-order valence-corrected chi connectivity index (χ0v) is 8.57. The first-order valence-corrected chi connectivity index (χ1v) is 3.95. The molecule has 0 aliphatic carbocycles. The molecule has 3 N–H and O–H groups in total. The Morgan fingerprint density at radius 3 is 1.43 bits per heavy atom. The van der Waals surface area contributed by atoms with Crippen LogP contribution >= 0.6 is 0 Å². The molecule has 1 aliphatic rings. The number of carbonyl (C=O) groups is 1. The number of halogens is 9. The second-order valence-electron chi connectivity index (χ2n) is 3.23. The Morgan fingerprint density at radius 2 is 1.29 bits per heavy atom. The molecular weight excluding hydrogens is 346 g/mol. The summed E-state index contributed by atoms with van der Waals surface area (Å²) < 4.78 is 116. The van der Waals surface area contributed by atoms with E-state index >= 15 is 0 Å². The van der Waals surface area contributed by atoms with Crippen molar-refractivity contribution in [2.75, 3.05) is 0 Å². The van der Waals surface area contributed by atoms with Crippen molar-refractivity contribution in [2.24, 2.45) is 0 Å². The van der Waals surface area contributed by atoms with Crippen molar-refractivity contribution in [1.82, 2.24) is 0 Å². The average molecular weight is 350 g/mol. The molecule has 0 amide bonds. The van der Waals surface area contributed by atoms with Gasteiger partial charge >= 0.3 is 65.6 Å². The summed E-state index contributed by atoms with van der Waals surface area (Å²) in [5.74, 6) is -15.1. The van der Waals surface area contributed by atoms with E-state index in [-0.39, 0.29) is 35.0 Å². The van der Waals surface area contributed by atoms with E-state index in [0.29, 0.717) is 0 Å². The molecular formula is C6H4F9NaO5. The summed E-state index contributed by atoms with van der Waals surface area (Å²) >= 11 is 0. The predicted molar refractivity (Wildman–Crippen MR) is 44.2 cm³/mol. The molecule has 0 radical (unpaired) electrons. The molecule has 1 fully saturated rings. The molecule has 0 aromatic heterocycles. The van der Waals surface area contributed by atoms with Gasteiger partial charge in [0.25, 0.3) is 0 Å². The minimum atomic E-state index is -6.67. The molecule has 2 atom stereocenters. The molecule has 15 heteroatoms. The molecule has 1 rings (SSSR count). The summed E-state index contributed by atoms with van der Waals surface area (Å²) in [5.41, 5.74) is 0. The number of carboxylic acids is 1. The quantitative estimate of drug-likeness (QED) is 0.558. The van der Waals surface area contributed by atoms with Crippen LogP contribution in [-0.4, -0.2) is 76.2 Å². The van der Waals surface area contributed by atoms with Crippen molar-refractivity contribution >= 4 is 35.5 Å². The van der Waals surface area contributed by atoms with Crippen molar-refractivity contribution in [3.05, 3.63) is 0 Å². The minimum absolute atomic E-state index is 0. The van der Waals surface area contributed by atoms with Crippen LogP contribution in [0.4, 0.5) is 39.5 Å². The average Bonchev–Trinajstić information content (AvgIpc) is 2.34. The Kier molecular flexibility index (Phi) is 6.28. The van der Waals surface area contributed by atoms with E-state index in [1.807, 2.05) is 0 Å². The summed E-state index contributed by atoms with van der Waals surface area (Å²) in [4.78, 5) is 10.2. The second kappa shape index (κ2) is 5.73. The van der Waals surface area contributed by atoms with Crippen LogP contribution in [-0.2, 0) is 14.3 Å². The Labute approximate surface area is 130 Å². The molecule has 0 saturated carbocycles. The maximum atomic E-state index is 13.0. The van der Waals surface area contributed by atoms with Crippen LogP contribution in [0.25, 0.3) is 0 Å². The number of hydrogen-bond acceptors (Lipinski definition) is 3. The Morgan fingerprint density at radius 1 is 0.905 bits per heavy atom. The molecule has 0 aromatic carbocycles. The summed E-state index contributed by atoms with van der Waals surface area (Å²) in [7, 11) is 0. The van der Waals surface area contributed by atoms with Gasteiger partial charge in [-0.05, 0) is 0 Å². The maximum absolute atomic E-state index is 13.0. The van der Waals surface area contributed by atoms with Crippen LogP contribution in [0.15, 0.2) is 0 Å². The first-order valence-electron chi connectivity index (χ1n) is 3.95. The van der Waals surface area contributed by atoms with Crippen molar-refractivity contribution < 1.29 is 64.4 Å². The standard InChI is InChI=1S/C6HF9O4.Na.H2O.H/c7-3(5(11,12)13)6(14,15)19-2(18-3,1(16)17)4(8,9)10;;;/h(H,16,17);;1H2;. The molecule has 0 spiro atoms. The topological polar surface area (TPSA) is 87.3 Å². The number of aliphatic carboxylic acids is 1. The molecule has 2 unspecified atom stereocenters. The van der Waals surface area contributed by atoms with Gasteiger partial charge in [0.1, 0.15) is 0 Å². The van der Waals surface area contributed by atoms with Crippen molar-refractivity contribution in [1.29, 1.82) is 0 Å². The van der Waals surface area contributed by atoms with E-state index in [4.69, 9.17) is 5.11 Å². The van der Waals surface area contributed by atoms with Gasteiger partial charge < -0.3 is 10.6 Å². The zero-order valence-electron chi connectivity index (χ0n) is 8.57. The SMILES string of the molecule is O.O=C(O)C1(C(F)(F)F)OC(F)(F)C(F)(C(F)(F)F)O1.[NaH]. The predicted octanol–water partition coefficient (Wildman–Crippen LogP) is 0.724. The molecule has 5 nitrogen and oxygen atoms in total. The van der Waals surface area contributed by atoms with Gasteiger partial charge in [0.2, 0.25) is 0 Å². The van der Waals surface area contributed by atoms with Crippen LogP contribution in [0.2, 0.25) is 0 Å². The van der Waals surface area contributed by atoms with Gasteiger partial charge in [-0.15, -0.1) is 0 Å². The van der Waals surface area contributed by atoms with E-state index in [9.17, 15) is 44.3 Å². The number of alkyl halides is 9. The fourth-order valence-corrected chi connectivity index (χ4v) is 1.07. The molecule has 21 heavy (non-hydrogen) atoms.